The molecule has 41 heavy (non-hydrogen) atoms. The third-order valence-electron chi connectivity index (χ3n) is 5.41. The van der Waals surface area contributed by atoms with Crippen LogP contribution in [0, 0.1) is 0 Å². The summed E-state index contributed by atoms with van der Waals surface area (Å²) in [6.45, 7) is 0. The summed E-state index contributed by atoms with van der Waals surface area (Å²) in [6, 6.07) is 8.43. The molecule has 0 radical (unpaired) electrons. The van der Waals surface area contributed by atoms with Crippen LogP contribution in [-0.2, 0) is 11.8 Å². The van der Waals surface area contributed by atoms with Crippen molar-refractivity contribution in [2.75, 3.05) is 8.43 Å². The summed E-state index contributed by atoms with van der Waals surface area (Å²) in [5, 5.41) is 2.50. The maximum Gasteiger partial charge on any atom is 0.435 e. The number of anilines is 2. The molecule has 1 N–H and O–H groups in total. The van der Waals surface area contributed by atoms with Gasteiger partial charge in [0.15, 0.2) is 0 Å². The Bertz CT molecular complexity index is 1480. The van der Waals surface area contributed by atoms with Crippen LogP contribution in [0.5, 0.6) is 0 Å². The number of benzene rings is 3. The SMILES string of the molecule is O=C(Nc1cccc(C(=O)N(I)c2ccc(C(F)(C(F)(F)F)C(F)(F)F)cc2C(F)(F)F)c1)c1ccc(Br)cc1Cl. The topological polar surface area (TPSA) is 49.4 Å². The lowest BCUT2D eigenvalue weighted by Gasteiger charge is -2.31. The van der Waals surface area contributed by atoms with E-state index in [9.17, 15) is 53.5 Å². The highest BCUT2D eigenvalue weighted by molar-refractivity contribution is 14.1. The van der Waals surface area contributed by atoms with Crippen LogP contribution in [0.2, 0.25) is 5.02 Å². The van der Waals surface area contributed by atoms with E-state index in [1.165, 1.54) is 30.3 Å². The summed E-state index contributed by atoms with van der Waals surface area (Å²) in [6.07, 6.45) is -18.9. The second-order valence-corrected chi connectivity index (χ2v) is 10.4. The van der Waals surface area contributed by atoms with E-state index in [-0.39, 0.29) is 37.1 Å². The van der Waals surface area contributed by atoms with Crippen LogP contribution < -0.4 is 8.43 Å². The second-order valence-electron chi connectivity index (χ2n) is 8.13. The first-order chi connectivity index (χ1) is 18.7. The molecule has 17 heteroatoms. The van der Waals surface area contributed by atoms with Crippen LogP contribution in [0.3, 0.4) is 0 Å². The first-order valence-corrected chi connectivity index (χ1v) is 12.7. The maximum atomic E-state index is 14.4. The summed E-state index contributed by atoms with van der Waals surface area (Å²) in [7, 11) is 0. The van der Waals surface area contributed by atoms with E-state index in [0.29, 0.717) is 4.47 Å². The van der Waals surface area contributed by atoms with Gasteiger partial charge < -0.3 is 5.32 Å². The highest BCUT2D eigenvalue weighted by Gasteiger charge is 2.73. The molecule has 0 saturated carbocycles. The minimum absolute atomic E-state index is 0.00593. The first-order valence-electron chi connectivity index (χ1n) is 10.6. The Kier molecular flexibility index (Phi) is 9.30. The monoisotopic (exact) mass is 790 g/mol. The number of amides is 2. The molecule has 0 aromatic heterocycles. The van der Waals surface area contributed by atoms with Gasteiger partial charge in [-0.15, -0.1) is 0 Å². The zero-order valence-electron chi connectivity index (χ0n) is 19.5. The fourth-order valence-corrected chi connectivity index (χ4v) is 4.92. The van der Waals surface area contributed by atoms with Crippen molar-refractivity contribution < 1.29 is 53.5 Å². The zero-order valence-corrected chi connectivity index (χ0v) is 24.0. The average molecular weight is 792 g/mol. The lowest BCUT2D eigenvalue weighted by molar-refractivity contribution is -0.348. The van der Waals surface area contributed by atoms with Gasteiger partial charge in [0, 0.05) is 21.3 Å². The third-order valence-corrected chi connectivity index (χ3v) is 7.18. The van der Waals surface area contributed by atoms with Crippen molar-refractivity contribution >= 4 is 73.6 Å². The number of carbonyl (C=O) groups excluding carboxylic acids is 2. The lowest BCUT2D eigenvalue weighted by Crippen LogP contribution is -2.50. The normalized spacial score (nSPS) is 12.7. The highest BCUT2D eigenvalue weighted by atomic mass is 127. The number of rotatable bonds is 5. The zero-order chi connectivity index (χ0) is 31.1. The molecule has 0 spiro atoms. The van der Waals surface area contributed by atoms with Crippen LogP contribution in [0.25, 0.3) is 0 Å². The highest BCUT2D eigenvalue weighted by Crippen LogP contribution is 2.54. The van der Waals surface area contributed by atoms with Crippen LogP contribution in [0.4, 0.5) is 55.3 Å². The Labute approximate surface area is 251 Å². The van der Waals surface area contributed by atoms with Gasteiger partial charge in [-0.2, -0.15) is 39.5 Å². The molecule has 0 bridgehead atoms. The van der Waals surface area contributed by atoms with Crippen molar-refractivity contribution in [1.82, 2.24) is 0 Å². The molecule has 0 unspecified atom stereocenters. The average Bonchev–Trinajstić information content (AvgIpc) is 2.85. The van der Waals surface area contributed by atoms with Crippen molar-refractivity contribution in [1.29, 1.82) is 0 Å². The number of nitrogens with zero attached hydrogens (tertiary/aromatic N) is 1. The van der Waals surface area contributed by atoms with Gasteiger partial charge in [-0.25, -0.2) is 7.50 Å². The minimum atomic E-state index is -6.65. The van der Waals surface area contributed by atoms with Crippen molar-refractivity contribution in [2.24, 2.45) is 0 Å². The molecular formula is C24H11BrClF10IN2O2. The summed E-state index contributed by atoms with van der Waals surface area (Å²) in [4.78, 5) is 25.6. The Hall–Kier alpha value is -2.60. The van der Waals surface area contributed by atoms with Crippen LogP contribution >= 0.6 is 50.4 Å². The summed E-state index contributed by atoms with van der Waals surface area (Å²) < 4.78 is 135. The number of alkyl halides is 10. The van der Waals surface area contributed by atoms with Crippen molar-refractivity contribution in [3.8, 4) is 0 Å². The molecule has 3 aromatic carbocycles. The molecule has 0 aliphatic rings. The summed E-state index contributed by atoms with van der Waals surface area (Å²) >= 11 is 10.3. The maximum absolute atomic E-state index is 14.4. The van der Waals surface area contributed by atoms with Gasteiger partial charge >= 0.3 is 24.2 Å². The fourth-order valence-electron chi connectivity index (χ4n) is 3.46. The van der Waals surface area contributed by atoms with Crippen molar-refractivity contribution in [3.05, 3.63) is 92.4 Å². The molecule has 0 aliphatic carbocycles. The molecule has 220 valence electrons. The molecule has 0 saturated heterocycles. The molecule has 3 aromatic rings. The largest absolute Gasteiger partial charge is 0.435 e. The van der Waals surface area contributed by atoms with E-state index in [1.54, 1.807) is 0 Å². The number of halogens is 13. The fraction of sp³-hybridized carbons (Fsp3) is 0.167. The number of carbonyl (C=O) groups is 2. The van der Waals surface area contributed by atoms with Crippen molar-refractivity contribution in [3.63, 3.8) is 0 Å². The van der Waals surface area contributed by atoms with Gasteiger partial charge in [0.2, 0.25) is 0 Å². The molecule has 4 nitrogen and oxygen atoms in total. The van der Waals surface area contributed by atoms with E-state index < -0.39 is 58.9 Å². The summed E-state index contributed by atoms with van der Waals surface area (Å²) in [5.41, 5.74) is -12.1. The van der Waals surface area contributed by atoms with Crippen LogP contribution in [0.1, 0.15) is 31.8 Å². The van der Waals surface area contributed by atoms with E-state index in [4.69, 9.17) is 11.6 Å². The molecule has 0 fully saturated rings. The van der Waals surface area contributed by atoms with E-state index in [0.717, 1.165) is 35.0 Å². The first kappa shape index (κ1) is 32.9. The Morgan fingerprint density at radius 1 is 0.829 bits per heavy atom. The summed E-state index contributed by atoms with van der Waals surface area (Å²) in [5.74, 6) is -1.92. The Morgan fingerprint density at radius 2 is 1.44 bits per heavy atom. The number of nitrogens with one attached hydrogen (secondary N) is 1. The third kappa shape index (κ3) is 6.74. The van der Waals surface area contributed by atoms with E-state index in [1.807, 2.05) is 0 Å². The predicted octanol–water partition coefficient (Wildman–Crippen LogP) is 9.66. The van der Waals surface area contributed by atoms with Gasteiger partial charge in [-0.1, -0.05) is 39.7 Å². The molecule has 0 heterocycles. The van der Waals surface area contributed by atoms with Gasteiger partial charge in [-0.05, 0) is 48.5 Å². The van der Waals surface area contributed by atoms with E-state index in [2.05, 4.69) is 21.2 Å². The van der Waals surface area contributed by atoms with Gasteiger partial charge in [-0.3, -0.25) is 9.59 Å². The quantitative estimate of drug-likeness (QED) is 0.159. The lowest BCUT2D eigenvalue weighted by atomic mass is 9.92. The minimum Gasteiger partial charge on any atom is -0.322 e. The molecule has 0 aliphatic heterocycles. The Balaban J connectivity index is 2.00. The number of hydrogen-bond donors (Lipinski definition) is 1. The number of hydrogen-bond acceptors (Lipinski definition) is 2. The van der Waals surface area contributed by atoms with Crippen LogP contribution in [-0.4, -0.2) is 24.2 Å². The standard InChI is InChI=1S/C24H11BrClF10IN2O2/c25-13-5-6-15(17(26)10-13)19(40)38-14-3-1-2-11(8-14)20(41)39(37)18-7-4-12(9-16(18)22(28,29)30)21(27,23(31,32)33)24(34,35)36/h1-10H,(H,38,40). The van der Waals surface area contributed by atoms with Gasteiger partial charge in [0.05, 0.1) is 44.7 Å². The molecular weight excluding hydrogens is 781 g/mol. The van der Waals surface area contributed by atoms with Gasteiger partial charge in [0.25, 0.3) is 11.8 Å². The smallest absolute Gasteiger partial charge is 0.322 e. The Morgan fingerprint density at radius 3 is 1.98 bits per heavy atom. The van der Waals surface area contributed by atoms with Gasteiger partial charge in [0.1, 0.15) is 0 Å². The molecule has 2 amide bonds. The van der Waals surface area contributed by atoms with Crippen LogP contribution in [0.15, 0.2) is 65.1 Å². The predicted molar refractivity (Wildman–Crippen MR) is 141 cm³/mol. The second kappa shape index (κ2) is 11.6. The molecule has 3 rings (SSSR count). The van der Waals surface area contributed by atoms with Crippen molar-refractivity contribution in [2.45, 2.75) is 24.2 Å². The molecule has 0 atom stereocenters. The van der Waals surface area contributed by atoms with E-state index >= 15 is 0 Å².